The zero-order valence-electron chi connectivity index (χ0n) is 51.2. The molecule has 0 N–H and O–H groups in total. The summed E-state index contributed by atoms with van der Waals surface area (Å²) in [4.78, 5) is 151. The average molecular weight is 1310 g/mol. The Balaban J connectivity index is 1.34. The zero-order chi connectivity index (χ0) is 68.0. The number of aromatic nitrogens is 2. The van der Waals surface area contributed by atoms with E-state index in [2.05, 4.69) is 9.97 Å². The van der Waals surface area contributed by atoms with Gasteiger partial charge in [-0.05, 0) is 108 Å². The molecule has 2 aliphatic rings. The lowest BCUT2D eigenvalue weighted by molar-refractivity contribution is -0.167. The fourth-order valence-corrected chi connectivity index (χ4v) is 10.4. The predicted octanol–water partition coefficient (Wildman–Crippen LogP) is 5.40. The van der Waals surface area contributed by atoms with Gasteiger partial charge in [-0.25, -0.2) is 13.6 Å². The number of anilines is 2. The summed E-state index contributed by atoms with van der Waals surface area (Å²) in [6.07, 6.45) is 5.75. The number of carbonyl (C=O) groups is 11. The summed E-state index contributed by atoms with van der Waals surface area (Å²) in [5, 5.41) is 0. The highest BCUT2D eigenvalue weighted by Gasteiger charge is 2.60. The van der Waals surface area contributed by atoms with Crippen LogP contribution in [0.4, 0.5) is 20.2 Å². The highest BCUT2D eigenvalue weighted by Crippen LogP contribution is 2.62. The van der Waals surface area contributed by atoms with Crippen molar-refractivity contribution >= 4 is 77.0 Å². The molecule has 8 rings (SSSR count). The summed E-state index contributed by atoms with van der Waals surface area (Å²) in [6, 6.07) is 17.6. The number of nitrogens with zero attached hydrogens (tertiary/aromatic N) is 4. The van der Waals surface area contributed by atoms with Gasteiger partial charge in [-0.2, -0.15) is 0 Å². The number of carbonyl (C=O) groups excluding carboxylic acids is 11. The summed E-state index contributed by atoms with van der Waals surface area (Å²) < 4.78 is 104. The van der Waals surface area contributed by atoms with Crippen LogP contribution < -0.4 is 28.7 Å². The Morgan fingerprint density at radius 3 is 1.19 bits per heavy atom. The van der Waals surface area contributed by atoms with Gasteiger partial charge in [0, 0.05) is 83.0 Å². The molecule has 30 heteroatoms. The van der Waals surface area contributed by atoms with Crippen LogP contribution in [0, 0.1) is 18.6 Å². The van der Waals surface area contributed by atoms with Crippen molar-refractivity contribution in [3.63, 3.8) is 0 Å². The Kier molecular flexibility index (Phi) is 21.8. The highest BCUT2D eigenvalue weighted by molar-refractivity contribution is 6.00. The number of ether oxygens (including phenoxy) is 13. The minimum atomic E-state index is -2.51. The maximum absolute atomic E-state index is 17.2. The molecule has 0 atom stereocenters. The molecular weight excluding hydrogens is 1250 g/mol. The first-order valence-corrected chi connectivity index (χ1v) is 28.1. The lowest BCUT2D eigenvalue weighted by Crippen LogP contribution is -2.45. The van der Waals surface area contributed by atoms with Gasteiger partial charge in [0.25, 0.3) is 0 Å². The largest absolute Gasteiger partial charge is 0.488 e. The van der Waals surface area contributed by atoms with E-state index < -0.39 is 172 Å². The van der Waals surface area contributed by atoms with Crippen molar-refractivity contribution in [3.05, 3.63) is 165 Å². The van der Waals surface area contributed by atoms with Gasteiger partial charge in [0.15, 0.2) is 28.7 Å². The Morgan fingerprint density at radius 2 is 0.809 bits per heavy atom. The van der Waals surface area contributed by atoms with E-state index in [1.807, 2.05) is 0 Å². The predicted molar refractivity (Wildman–Crippen MR) is 312 cm³/mol. The lowest BCUT2D eigenvalue weighted by Gasteiger charge is -2.48. The molecule has 6 aromatic rings. The molecule has 4 aromatic carbocycles. The Bertz CT molecular complexity index is 3780. The number of rotatable bonds is 27. The SMILES string of the molecule is CC(=O)OCOC(=O)CN(CC(=O)OCOC(C)=O)c1ccc(C)cc1OCCOc1cc2c(cc1N(CC(=O)OCOC(C)=O)CC(=O)OCOC(C)=O)C(=O)OC21c2cc(F)c(OC(C)=O)cc2C(c2ccncc2)(c2ccncc2)c2cc(OC(C)=O)c(F)cc21. The number of esters is 11. The van der Waals surface area contributed by atoms with Crippen LogP contribution in [0.25, 0.3) is 0 Å². The van der Waals surface area contributed by atoms with Gasteiger partial charge >= 0.3 is 65.7 Å². The number of fused-ring (bicyclic) bond motifs is 6. The number of aryl methyl sites for hydroxylation is 1. The van der Waals surface area contributed by atoms with Crippen LogP contribution in [-0.2, 0) is 102 Å². The van der Waals surface area contributed by atoms with E-state index in [-0.39, 0.29) is 50.7 Å². The molecule has 94 heavy (non-hydrogen) atoms. The summed E-state index contributed by atoms with van der Waals surface area (Å²) in [7, 11) is 0. The van der Waals surface area contributed by atoms with Gasteiger partial charge < -0.3 is 71.4 Å². The number of hydrogen-bond donors (Lipinski definition) is 0. The zero-order valence-corrected chi connectivity index (χ0v) is 51.2. The lowest BCUT2D eigenvalue weighted by atomic mass is 9.55. The van der Waals surface area contributed by atoms with Crippen LogP contribution in [0.5, 0.6) is 23.0 Å². The molecule has 0 saturated carbocycles. The topological polar surface area (TPSA) is 340 Å². The Morgan fingerprint density at radius 1 is 0.436 bits per heavy atom. The first kappa shape index (κ1) is 68.3. The summed E-state index contributed by atoms with van der Waals surface area (Å²) in [5.41, 5.74) is -4.23. The maximum Gasteiger partial charge on any atom is 0.340 e. The molecule has 0 amide bonds. The molecule has 0 unspecified atom stereocenters. The standard InChI is InChI=1S/C64H58F2N4O24/c1-35-8-9-52(69(27-58(77)88-31-84-36(2)71)28-59(78)89-32-85-37(3)72)56(20-35)82-18-19-83-57-24-45-44(21-53(57)70(29-60(79)90-33-86-38(4)73)30-61(80)91-34-87-39(5)74)62(81)94-64(45)48-22-50(65)54(92-40(6)75)25-46(48)63(42-10-14-67-15-11-42,43-12-16-68-17-13-43)47-26-55(93-41(7)76)51(66)23-49(47)64/h8-17,20-26H,18-19,27-34H2,1-7H3. The van der Waals surface area contributed by atoms with Gasteiger partial charge in [0.2, 0.25) is 27.2 Å². The molecular formula is C64H58F2N4O24. The van der Waals surface area contributed by atoms with E-state index in [0.717, 1.165) is 64.6 Å². The van der Waals surface area contributed by atoms with Gasteiger partial charge in [0.1, 0.15) is 50.9 Å². The fraction of sp³-hybridized carbons (Fsp3) is 0.297. The maximum atomic E-state index is 17.2. The van der Waals surface area contributed by atoms with Crippen molar-refractivity contribution in [1.29, 1.82) is 0 Å². The Hall–Kier alpha value is -11.6. The molecule has 0 radical (unpaired) electrons. The minimum Gasteiger partial charge on any atom is -0.488 e. The van der Waals surface area contributed by atoms with Crippen molar-refractivity contribution in [2.45, 2.75) is 59.5 Å². The number of hydrogen-bond acceptors (Lipinski definition) is 28. The molecule has 0 bridgehead atoms. The van der Waals surface area contributed by atoms with E-state index in [1.165, 1.54) is 60.0 Å². The third-order valence-corrected chi connectivity index (χ3v) is 14.0. The molecule has 1 aliphatic carbocycles. The fourth-order valence-electron chi connectivity index (χ4n) is 10.4. The third kappa shape index (κ3) is 15.8. The van der Waals surface area contributed by atoms with E-state index in [1.54, 1.807) is 37.3 Å². The van der Waals surface area contributed by atoms with Crippen molar-refractivity contribution in [1.82, 2.24) is 9.97 Å². The van der Waals surface area contributed by atoms with Gasteiger partial charge in [-0.3, -0.25) is 57.9 Å². The van der Waals surface area contributed by atoms with Crippen LogP contribution in [0.15, 0.2) is 104 Å². The van der Waals surface area contributed by atoms with Crippen molar-refractivity contribution < 1.29 is 123 Å². The van der Waals surface area contributed by atoms with Crippen molar-refractivity contribution in [2.75, 3.05) is 76.4 Å². The van der Waals surface area contributed by atoms with Crippen LogP contribution in [-0.4, -0.2) is 142 Å². The van der Waals surface area contributed by atoms with E-state index >= 15 is 13.6 Å². The highest BCUT2D eigenvalue weighted by atomic mass is 19.1. The molecule has 1 spiro atoms. The van der Waals surface area contributed by atoms with Crippen LogP contribution in [0.3, 0.4) is 0 Å². The molecule has 492 valence electrons. The second kappa shape index (κ2) is 30.0. The molecule has 1 aliphatic heterocycles. The van der Waals surface area contributed by atoms with Crippen LogP contribution in [0.1, 0.15) is 96.4 Å². The Labute approximate surface area is 532 Å². The third-order valence-electron chi connectivity index (χ3n) is 14.0. The van der Waals surface area contributed by atoms with Gasteiger partial charge in [-0.15, -0.1) is 0 Å². The monoisotopic (exact) mass is 1300 g/mol. The van der Waals surface area contributed by atoms with Crippen molar-refractivity contribution in [3.8, 4) is 23.0 Å². The molecule has 28 nitrogen and oxygen atoms in total. The van der Waals surface area contributed by atoms with Crippen LogP contribution >= 0.6 is 0 Å². The molecule has 0 fully saturated rings. The van der Waals surface area contributed by atoms with Crippen molar-refractivity contribution in [2.24, 2.45) is 0 Å². The van der Waals surface area contributed by atoms with E-state index in [9.17, 15) is 47.9 Å². The quantitative estimate of drug-likeness (QED) is 0.0205. The van der Waals surface area contributed by atoms with Crippen LogP contribution in [0.2, 0.25) is 0 Å². The first-order valence-electron chi connectivity index (χ1n) is 28.1. The second-order valence-corrected chi connectivity index (χ2v) is 20.5. The molecule has 0 saturated heterocycles. The molecule has 2 aromatic heterocycles. The normalized spacial score (nSPS) is 12.6. The van der Waals surface area contributed by atoms with Gasteiger partial charge in [0.05, 0.1) is 22.4 Å². The molecule has 3 heterocycles. The van der Waals surface area contributed by atoms with E-state index in [4.69, 9.17) is 61.6 Å². The number of benzene rings is 4. The summed E-state index contributed by atoms with van der Waals surface area (Å²) in [5.74, 6) is -14.5. The second-order valence-electron chi connectivity index (χ2n) is 20.5. The minimum absolute atomic E-state index is 0.00318. The smallest absolute Gasteiger partial charge is 0.340 e. The number of halogens is 2. The number of pyridine rings is 2. The summed E-state index contributed by atoms with van der Waals surface area (Å²) in [6.45, 7) is 0.406. The van der Waals surface area contributed by atoms with Gasteiger partial charge in [-0.1, -0.05) is 6.07 Å². The average Bonchev–Trinajstić information content (AvgIpc) is 1.23. The summed E-state index contributed by atoms with van der Waals surface area (Å²) >= 11 is 0. The van der Waals surface area contributed by atoms with E-state index in [0.29, 0.717) is 16.7 Å². The first-order chi connectivity index (χ1) is 44.8.